The fraction of sp³-hybridized carbons (Fsp3) is 0. The van der Waals surface area contributed by atoms with Gasteiger partial charge in [-0.25, -0.2) is 0 Å². The number of nitro groups is 1. The third-order valence-electron chi connectivity index (χ3n) is 4.02. The van der Waals surface area contributed by atoms with Crippen molar-refractivity contribution in [1.82, 2.24) is 0 Å². The molecule has 0 bridgehead atoms. The molecule has 27 heavy (non-hydrogen) atoms. The van der Waals surface area contributed by atoms with Crippen LogP contribution in [-0.2, 0) is 0 Å². The van der Waals surface area contributed by atoms with Gasteiger partial charge < -0.3 is 0 Å². The van der Waals surface area contributed by atoms with Gasteiger partial charge in [-0.3, -0.25) is 0 Å². The number of non-ortho nitro benzene ring substituents is 1. The Labute approximate surface area is 163 Å². The number of para-hydroxylation sites is 1. The number of hydrogen-bond acceptors (Lipinski definition) is 4. The molecule has 132 valence electrons. The monoisotopic (exact) mass is 421 g/mol. The summed E-state index contributed by atoms with van der Waals surface area (Å²) in [4.78, 5) is 10.5. The van der Waals surface area contributed by atoms with E-state index in [9.17, 15) is 10.1 Å². The molecule has 0 radical (unpaired) electrons. The Hall–Kier alpha value is -3.21. The maximum absolute atomic E-state index is 10.9. The van der Waals surface area contributed by atoms with Crippen LogP contribution in [0.1, 0.15) is 11.1 Å². The Kier molecular flexibility index (Phi) is 4.83. The van der Waals surface area contributed by atoms with Gasteiger partial charge in [-0.15, -0.1) is 0 Å². The summed E-state index contributed by atoms with van der Waals surface area (Å²) in [5.41, 5.74) is 3.12. The van der Waals surface area contributed by atoms with Gasteiger partial charge in [0.25, 0.3) is 0 Å². The number of rotatable bonds is 4. The zero-order chi connectivity index (χ0) is 18.6. The van der Waals surface area contributed by atoms with Crippen molar-refractivity contribution in [2.75, 3.05) is 5.01 Å². The molecule has 0 N–H and O–H groups in total. The summed E-state index contributed by atoms with van der Waals surface area (Å²) in [6.45, 7) is 0. The number of anilines is 1. The maximum atomic E-state index is 10.9. The molecule has 0 atom stereocenters. The molecule has 4 rings (SSSR count). The first kappa shape index (κ1) is 17.2. The molecule has 0 fully saturated rings. The minimum atomic E-state index is -0.387. The van der Waals surface area contributed by atoms with Crippen LogP contribution in [0.5, 0.6) is 0 Å². The van der Waals surface area contributed by atoms with Crippen LogP contribution in [0.25, 0.3) is 6.08 Å². The SMILES string of the molecule is O=[N+]([O-])c1ccc(C2=NN(c3ccccc3)/C(=C/c3ccccc3)[Se]2)cc1. The van der Waals surface area contributed by atoms with Crippen LogP contribution >= 0.6 is 0 Å². The van der Waals surface area contributed by atoms with Gasteiger partial charge in [0.05, 0.1) is 0 Å². The van der Waals surface area contributed by atoms with E-state index in [2.05, 4.69) is 18.2 Å². The summed E-state index contributed by atoms with van der Waals surface area (Å²) in [6.07, 6.45) is 2.15. The number of benzene rings is 3. The third-order valence-corrected chi connectivity index (χ3v) is 6.14. The Morgan fingerprint density at radius 1 is 0.889 bits per heavy atom. The van der Waals surface area contributed by atoms with Crippen LogP contribution in [0, 0.1) is 10.1 Å². The second kappa shape index (κ2) is 7.58. The molecular formula is C21H15N3O2Se. The van der Waals surface area contributed by atoms with Gasteiger partial charge >= 0.3 is 163 Å². The molecule has 0 unspecified atom stereocenters. The van der Waals surface area contributed by atoms with Gasteiger partial charge in [-0.2, -0.15) is 0 Å². The van der Waals surface area contributed by atoms with Gasteiger partial charge in [-0.1, -0.05) is 0 Å². The van der Waals surface area contributed by atoms with Gasteiger partial charge in [0.1, 0.15) is 0 Å². The van der Waals surface area contributed by atoms with Crippen molar-refractivity contribution < 1.29 is 4.92 Å². The number of nitrogens with zero attached hydrogens (tertiary/aromatic N) is 3. The Bertz CT molecular complexity index is 1020. The van der Waals surface area contributed by atoms with E-state index in [4.69, 9.17) is 5.10 Å². The molecule has 1 heterocycles. The van der Waals surface area contributed by atoms with Crippen LogP contribution in [0.2, 0.25) is 0 Å². The van der Waals surface area contributed by atoms with Crippen LogP contribution in [0.3, 0.4) is 0 Å². The summed E-state index contributed by atoms with van der Waals surface area (Å²) < 4.78 is 2.07. The van der Waals surface area contributed by atoms with E-state index in [1.807, 2.05) is 53.5 Å². The molecule has 1 aliphatic rings. The number of hydrogen-bond donors (Lipinski definition) is 0. The zero-order valence-corrected chi connectivity index (χ0v) is 15.9. The van der Waals surface area contributed by atoms with Gasteiger partial charge in [0.2, 0.25) is 0 Å². The van der Waals surface area contributed by atoms with Crippen LogP contribution in [0.4, 0.5) is 11.4 Å². The molecule has 0 spiro atoms. The molecule has 0 saturated carbocycles. The molecule has 0 saturated heterocycles. The number of hydrazone groups is 1. The molecule has 3 aromatic rings. The first-order chi connectivity index (χ1) is 13.2. The van der Waals surface area contributed by atoms with Crippen molar-refractivity contribution in [2.45, 2.75) is 0 Å². The van der Waals surface area contributed by atoms with Crippen molar-refractivity contribution in [2.24, 2.45) is 5.10 Å². The minimum absolute atomic E-state index is 0.0121. The van der Waals surface area contributed by atoms with E-state index < -0.39 is 0 Å². The molecule has 0 amide bonds. The zero-order valence-electron chi connectivity index (χ0n) is 14.2. The van der Waals surface area contributed by atoms with Crippen molar-refractivity contribution in [1.29, 1.82) is 0 Å². The third kappa shape index (κ3) is 3.82. The molecule has 0 aliphatic carbocycles. The van der Waals surface area contributed by atoms with Crippen LogP contribution < -0.4 is 5.01 Å². The molecule has 6 heteroatoms. The quantitative estimate of drug-likeness (QED) is 0.355. The van der Waals surface area contributed by atoms with Crippen molar-refractivity contribution in [3.8, 4) is 0 Å². The van der Waals surface area contributed by atoms with Crippen molar-refractivity contribution in [3.63, 3.8) is 0 Å². The van der Waals surface area contributed by atoms with Crippen molar-refractivity contribution >= 4 is 37.0 Å². The average molecular weight is 420 g/mol. The van der Waals surface area contributed by atoms with E-state index >= 15 is 0 Å². The van der Waals surface area contributed by atoms with E-state index in [-0.39, 0.29) is 25.6 Å². The first-order valence-corrected chi connectivity index (χ1v) is 10.1. The van der Waals surface area contributed by atoms with Gasteiger partial charge in [-0.05, 0) is 0 Å². The second-order valence-electron chi connectivity index (χ2n) is 5.85. The average Bonchev–Trinajstić information content (AvgIpc) is 3.13. The first-order valence-electron chi connectivity index (χ1n) is 8.34. The number of nitro benzene ring substituents is 1. The summed E-state index contributed by atoms with van der Waals surface area (Å²) in [6, 6.07) is 26.8. The van der Waals surface area contributed by atoms with E-state index in [0.717, 1.165) is 26.0 Å². The van der Waals surface area contributed by atoms with Gasteiger partial charge in [0.15, 0.2) is 0 Å². The summed E-state index contributed by atoms with van der Waals surface area (Å²) in [5.74, 6) is 0. The van der Waals surface area contributed by atoms with E-state index in [1.165, 1.54) is 12.1 Å². The fourth-order valence-electron chi connectivity index (χ4n) is 2.68. The normalized spacial score (nSPS) is 15.0. The topological polar surface area (TPSA) is 58.7 Å². The van der Waals surface area contributed by atoms with E-state index in [0.29, 0.717) is 0 Å². The summed E-state index contributed by atoms with van der Waals surface area (Å²) in [7, 11) is 0. The summed E-state index contributed by atoms with van der Waals surface area (Å²) >= 11 is -0.0121. The predicted octanol–water partition coefficient (Wildman–Crippen LogP) is 4.48. The van der Waals surface area contributed by atoms with Crippen LogP contribution in [0.15, 0.2) is 94.6 Å². The second-order valence-corrected chi connectivity index (χ2v) is 7.97. The fourth-order valence-corrected chi connectivity index (χ4v) is 4.78. The van der Waals surface area contributed by atoms with Crippen molar-refractivity contribution in [3.05, 3.63) is 111 Å². The molecule has 3 aromatic carbocycles. The molecule has 1 aliphatic heterocycles. The standard InChI is InChI=1S/C21H15N3O2Se/c25-24(26)19-13-11-17(12-14-19)21-22-23(18-9-5-2-6-10-18)20(27-21)15-16-7-3-1-4-8-16/h1-15H/b20-15-. The Balaban J connectivity index is 1.71. The Morgan fingerprint density at radius 2 is 1.52 bits per heavy atom. The van der Waals surface area contributed by atoms with E-state index in [1.54, 1.807) is 12.1 Å². The molecule has 0 aromatic heterocycles. The van der Waals surface area contributed by atoms with Gasteiger partial charge in [0, 0.05) is 0 Å². The predicted molar refractivity (Wildman–Crippen MR) is 109 cm³/mol. The van der Waals surface area contributed by atoms with Crippen LogP contribution in [-0.4, -0.2) is 24.5 Å². The Morgan fingerprint density at radius 3 is 2.15 bits per heavy atom. The summed E-state index contributed by atoms with van der Waals surface area (Å²) in [5, 5.41) is 17.7. The molecule has 5 nitrogen and oxygen atoms in total. The molecular weight excluding hydrogens is 405 g/mol.